The number of aromatic nitrogens is 7. The molecule has 0 bridgehead atoms. The second kappa shape index (κ2) is 8.08. The van der Waals surface area contributed by atoms with E-state index in [1.54, 1.807) is 36.4 Å². The van der Waals surface area contributed by atoms with Gasteiger partial charge >= 0.3 is 6.18 Å². The van der Waals surface area contributed by atoms with Crippen LogP contribution in [-0.4, -0.2) is 40.0 Å². The highest BCUT2D eigenvalue weighted by atomic mass is 19.4. The molecular formula is C23H19F3N8O. The Labute approximate surface area is 196 Å². The van der Waals surface area contributed by atoms with E-state index >= 15 is 0 Å². The first kappa shape index (κ1) is 22.3. The van der Waals surface area contributed by atoms with Crippen molar-refractivity contribution in [2.75, 3.05) is 0 Å². The van der Waals surface area contributed by atoms with Gasteiger partial charge in [-0.1, -0.05) is 6.92 Å². The van der Waals surface area contributed by atoms with Gasteiger partial charge in [-0.05, 0) is 36.2 Å². The van der Waals surface area contributed by atoms with Crippen LogP contribution in [0.3, 0.4) is 0 Å². The molecule has 0 aliphatic carbocycles. The van der Waals surface area contributed by atoms with Crippen LogP contribution in [-0.2, 0) is 19.6 Å². The summed E-state index contributed by atoms with van der Waals surface area (Å²) in [6, 6.07) is 6.02. The molecule has 5 aromatic rings. The largest absolute Gasteiger partial charge is 0.435 e. The molecule has 4 aromatic heterocycles. The molecule has 0 aliphatic rings. The number of carbonyl (C=O) groups is 1. The number of hydrogen-bond donors (Lipinski definition) is 1. The maximum atomic E-state index is 14.2. The zero-order valence-corrected chi connectivity index (χ0v) is 18.7. The molecule has 0 saturated carbocycles. The molecule has 0 fully saturated rings. The molecule has 178 valence electrons. The minimum Gasteiger partial charge on any atom is -0.366 e. The number of benzene rings is 1. The summed E-state index contributed by atoms with van der Waals surface area (Å²) in [5.74, 6) is -0.627. The number of amides is 1. The smallest absolute Gasteiger partial charge is 0.366 e. The van der Waals surface area contributed by atoms with Crippen LogP contribution < -0.4 is 5.73 Å². The average molecular weight is 480 g/mol. The maximum Gasteiger partial charge on any atom is 0.435 e. The molecule has 9 nitrogen and oxygen atoms in total. The van der Waals surface area contributed by atoms with Crippen LogP contribution in [0, 0.1) is 0 Å². The van der Waals surface area contributed by atoms with Crippen molar-refractivity contribution in [3.8, 4) is 22.6 Å². The molecule has 0 aliphatic heterocycles. The third-order valence-electron chi connectivity index (χ3n) is 5.65. The Morgan fingerprint density at radius 2 is 1.91 bits per heavy atom. The average Bonchev–Trinajstić information content (AvgIpc) is 3.56. The zero-order chi connectivity index (χ0) is 24.9. The van der Waals surface area contributed by atoms with Crippen molar-refractivity contribution in [3.05, 3.63) is 72.2 Å². The summed E-state index contributed by atoms with van der Waals surface area (Å²) in [6.45, 7) is 1.82. The molecule has 1 amide bonds. The summed E-state index contributed by atoms with van der Waals surface area (Å²) >= 11 is 0. The van der Waals surface area contributed by atoms with Crippen molar-refractivity contribution in [1.29, 1.82) is 0 Å². The lowest BCUT2D eigenvalue weighted by atomic mass is 10.1. The highest BCUT2D eigenvalue weighted by molar-refractivity contribution is 5.93. The van der Waals surface area contributed by atoms with Gasteiger partial charge in [0, 0.05) is 36.8 Å². The number of pyridine rings is 1. The number of fused-ring (bicyclic) bond motifs is 1. The van der Waals surface area contributed by atoms with Crippen molar-refractivity contribution in [3.63, 3.8) is 0 Å². The summed E-state index contributed by atoms with van der Waals surface area (Å²) in [5, 5.41) is 7.87. The lowest BCUT2D eigenvalue weighted by molar-refractivity contribution is -0.140. The number of halogens is 3. The van der Waals surface area contributed by atoms with Crippen molar-refractivity contribution in [2.45, 2.75) is 19.5 Å². The quantitative estimate of drug-likeness (QED) is 0.413. The Morgan fingerprint density at radius 3 is 2.57 bits per heavy atom. The van der Waals surface area contributed by atoms with E-state index in [-0.39, 0.29) is 22.3 Å². The summed E-state index contributed by atoms with van der Waals surface area (Å²) in [6.07, 6.45) is 3.56. The van der Waals surface area contributed by atoms with Gasteiger partial charge < -0.3 is 10.3 Å². The molecule has 5 rings (SSSR count). The lowest BCUT2D eigenvalue weighted by Crippen LogP contribution is -2.13. The molecule has 0 spiro atoms. The fourth-order valence-electron chi connectivity index (χ4n) is 3.99. The molecule has 0 radical (unpaired) electrons. The number of nitrogens with zero attached hydrogens (tertiary/aromatic N) is 7. The van der Waals surface area contributed by atoms with E-state index in [0.717, 1.165) is 10.2 Å². The monoisotopic (exact) mass is 480 g/mol. The van der Waals surface area contributed by atoms with Crippen molar-refractivity contribution >= 4 is 16.9 Å². The van der Waals surface area contributed by atoms with Crippen LogP contribution in [0.4, 0.5) is 13.2 Å². The number of alkyl halides is 3. The standard InChI is InChI=1S/C23H19F3N8O/c1-3-13-8-14(21(27)35)4-5-17(13)34-22-19(20(31-34)23(24,25)26)18(6-7-28-22)33-11-16(29-12-33)15-9-30-32(2)10-15/h4-12H,3H2,1-2H3,(H2,27,35). The Bertz CT molecular complexity index is 1580. The third-order valence-corrected chi connectivity index (χ3v) is 5.65. The second-order valence-corrected chi connectivity index (χ2v) is 7.92. The molecule has 0 atom stereocenters. The van der Waals surface area contributed by atoms with E-state index in [0.29, 0.717) is 23.4 Å². The van der Waals surface area contributed by atoms with Crippen LogP contribution in [0.2, 0.25) is 0 Å². The third kappa shape index (κ3) is 3.82. The van der Waals surface area contributed by atoms with Crippen molar-refractivity contribution in [1.82, 2.24) is 34.1 Å². The number of aryl methyl sites for hydroxylation is 2. The normalized spacial score (nSPS) is 11.9. The van der Waals surface area contributed by atoms with Gasteiger partial charge in [0.15, 0.2) is 11.3 Å². The summed E-state index contributed by atoms with van der Waals surface area (Å²) in [7, 11) is 1.76. The van der Waals surface area contributed by atoms with Crippen molar-refractivity contribution in [2.24, 2.45) is 12.8 Å². The van der Waals surface area contributed by atoms with Gasteiger partial charge in [-0.15, -0.1) is 0 Å². The van der Waals surface area contributed by atoms with Gasteiger partial charge in [0.1, 0.15) is 0 Å². The molecule has 0 unspecified atom stereocenters. The first-order valence-electron chi connectivity index (χ1n) is 10.6. The summed E-state index contributed by atoms with van der Waals surface area (Å²) in [4.78, 5) is 20.2. The Kier molecular flexibility index (Phi) is 5.15. The van der Waals surface area contributed by atoms with Gasteiger partial charge in [-0.3, -0.25) is 9.48 Å². The van der Waals surface area contributed by atoms with Crippen molar-refractivity contribution < 1.29 is 18.0 Å². The highest BCUT2D eigenvalue weighted by Gasteiger charge is 2.39. The number of primary amides is 1. The minimum absolute atomic E-state index is 0.0213. The topological polar surface area (TPSA) is 109 Å². The molecular weight excluding hydrogens is 461 g/mol. The molecule has 12 heteroatoms. The first-order chi connectivity index (χ1) is 16.7. The molecule has 4 heterocycles. The molecule has 35 heavy (non-hydrogen) atoms. The number of imidazole rings is 1. The maximum absolute atomic E-state index is 14.2. The second-order valence-electron chi connectivity index (χ2n) is 7.92. The Hall–Kier alpha value is -4.48. The SMILES string of the molecule is CCc1cc(C(N)=O)ccc1-n1nc(C(F)(F)F)c2c(-n3cnc(-c4cnn(C)c4)c3)ccnc21. The highest BCUT2D eigenvalue weighted by Crippen LogP contribution is 2.38. The predicted molar refractivity (Wildman–Crippen MR) is 121 cm³/mol. The lowest BCUT2D eigenvalue weighted by Gasteiger charge is -2.10. The van der Waals surface area contributed by atoms with E-state index in [2.05, 4.69) is 20.2 Å². The van der Waals surface area contributed by atoms with E-state index in [1.165, 1.54) is 35.3 Å². The van der Waals surface area contributed by atoms with Crippen LogP contribution in [0.5, 0.6) is 0 Å². The molecule has 0 saturated heterocycles. The van der Waals surface area contributed by atoms with Gasteiger partial charge in [0.2, 0.25) is 5.91 Å². The predicted octanol–water partition coefficient (Wildman–Crippen LogP) is 3.69. The van der Waals surface area contributed by atoms with Crippen LogP contribution in [0.1, 0.15) is 28.5 Å². The zero-order valence-electron chi connectivity index (χ0n) is 18.7. The Balaban J connectivity index is 1.74. The van der Waals surface area contributed by atoms with Gasteiger partial charge in [0.25, 0.3) is 0 Å². The number of carbonyl (C=O) groups excluding carboxylic acids is 1. The summed E-state index contributed by atoms with van der Waals surface area (Å²) in [5.41, 5.74) is 7.07. The van der Waals surface area contributed by atoms with Gasteiger partial charge in [-0.25, -0.2) is 14.6 Å². The first-order valence-corrected chi connectivity index (χ1v) is 10.6. The van der Waals surface area contributed by atoms with E-state index in [9.17, 15) is 18.0 Å². The van der Waals surface area contributed by atoms with Crippen LogP contribution in [0.15, 0.2) is 55.4 Å². The molecule has 2 N–H and O–H groups in total. The van der Waals surface area contributed by atoms with E-state index < -0.39 is 17.8 Å². The number of nitrogens with two attached hydrogens (primary N) is 1. The fraction of sp³-hybridized carbons (Fsp3) is 0.174. The van der Waals surface area contributed by atoms with E-state index in [4.69, 9.17) is 5.73 Å². The minimum atomic E-state index is -4.74. The van der Waals surface area contributed by atoms with Crippen LogP contribution in [0.25, 0.3) is 33.7 Å². The summed E-state index contributed by atoms with van der Waals surface area (Å²) < 4.78 is 46.8. The van der Waals surface area contributed by atoms with Gasteiger partial charge in [-0.2, -0.15) is 23.4 Å². The number of rotatable bonds is 5. The van der Waals surface area contributed by atoms with E-state index in [1.807, 2.05) is 6.92 Å². The fourth-order valence-corrected chi connectivity index (χ4v) is 3.99. The van der Waals surface area contributed by atoms with Crippen LogP contribution >= 0.6 is 0 Å². The number of hydrogen-bond acceptors (Lipinski definition) is 5. The molecule has 1 aromatic carbocycles. The van der Waals surface area contributed by atoms with Gasteiger partial charge in [0.05, 0.1) is 35.0 Å². The Morgan fingerprint density at radius 1 is 1.11 bits per heavy atom.